The third-order valence-corrected chi connectivity index (χ3v) is 4.16. The summed E-state index contributed by atoms with van der Waals surface area (Å²) in [7, 11) is 0. The van der Waals surface area contributed by atoms with Gasteiger partial charge in [0.25, 0.3) is 0 Å². The van der Waals surface area contributed by atoms with E-state index in [4.69, 9.17) is 0 Å². The number of halogens is 4. The highest BCUT2D eigenvalue weighted by atomic mass is 32.1. The lowest BCUT2D eigenvalue weighted by atomic mass is 10.1. The number of carbonyl (C=O) groups is 1. The van der Waals surface area contributed by atoms with Gasteiger partial charge < -0.3 is 0 Å². The zero-order valence-corrected chi connectivity index (χ0v) is 13.3. The molecule has 0 unspecified atom stereocenters. The Hall–Kier alpha value is -2.74. The van der Waals surface area contributed by atoms with E-state index in [0.717, 1.165) is 29.5 Å². The van der Waals surface area contributed by atoms with Crippen molar-refractivity contribution in [3.05, 3.63) is 65.5 Å². The predicted molar refractivity (Wildman–Crippen MR) is 88.7 cm³/mol. The molecule has 0 spiro atoms. The van der Waals surface area contributed by atoms with Crippen LogP contribution in [0.1, 0.15) is 11.1 Å². The molecule has 128 valence electrons. The highest BCUT2D eigenvalue weighted by Gasteiger charge is 2.30. The smallest absolute Gasteiger partial charge is 0.298 e. The Morgan fingerprint density at radius 3 is 2.72 bits per heavy atom. The maximum Gasteiger partial charge on any atom is 0.416 e. The molecule has 3 rings (SSSR count). The van der Waals surface area contributed by atoms with E-state index >= 15 is 0 Å². The summed E-state index contributed by atoms with van der Waals surface area (Å²) in [6.07, 6.45) is -2.05. The average Bonchev–Trinajstić information content (AvgIpc) is 2.93. The summed E-state index contributed by atoms with van der Waals surface area (Å²) in [4.78, 5) is 16.0. The van der Waals surface area contributed by atoms with Gasteiger partial charge in [-0.1, -0.05) is 23.5 Å². The number of nitrogens with one attached hydrogen (secondary N) is 1. The van der Waals surface area contributed by atoms with Crippen LogP contribution in [0.4, 0.5) is 22.7 Å². The van der Waals surface area contributed by atoms with E-state index in [0.29, 0.717) is 10.2 Å². The first-order valence-electron chi connectivity index (χ1n) is 7.04. The first-order chi connectivity index (χ1) is 11.8. The van der Waals surface area contributed by atoms with E-state index in [9.17, 15) is 22.4 Å². The summed E-state index contributed by atoms with van der Waals surface area (Å²) in [6.45, 7) is 0. The van der Waals surface area contributed by atoms with Crippen molar-refractivity contribution < 1.29 is 22.4 Å². The molecular weight excluding hydrogens is 356 g/mol. The summed E-state index contributed by atoms with van der Waals surface area (Å²) < 4.78 is 51.7. The molecule has 1 heterocycles. The number of hydrogen-bond acceptors (Lipinski definition) is 3. The van der Waals surface area contributed by atoms with Crippen LogP contribution in [0.25, 0.3) is 16.3 Å². The predicted octanol–water partition coefficient (Wildman–Crippen LogP) is 5.11. The summed E-state index contributed by atoms with van der Waals surface area (Å²) in [6, 6.07) is 8.70. The fourth-order valence-corrected chi connectivity index (χ4v) is 2.98. The van der Waals surface area contributed by atoms with E-state index < -0.39 is 23.5 Å². The molecule has 1 aromatic heterocycles. The lowest BCUT2D eigenvalue weighted by Gasteiger charge is -2.06. The van der Waals surface area contributed by atoms with Gasteiger partial charge in [-0.2, -0.15) is 13.2 Å². The Morgan fingerprint density at radius 2 is 1.96 bits per heavy atom. The van der Waals surface area contributed by atoms with Crippen molar-refractivity contribution in [1.29, 1.82) is 0 Å². The number of nitrogens with zero attached hydrogens (tertiary/aromatic N) is 1. The van der Waals surface area contributed by atoms with Crippen LogP contribution < -0.4 is 5.32 Å². The van der Waals surface area contributed by atoms with Crippen molar-refractivity contribution in [1.82, 2.24) is 4.98 Å². The molecule has 3 nitrogen and oxygen atoms in total. The van der Waals surface area contributed by atoms with E-state index in [-0.39, 0.29) is 10.7 Å². The Kier molecular flexibility index (Phi) is 4.54. The van der Waals surface area contributed by atoms with Gasteiger partial charge >= 0.3 is 6.18 Å². The Balaban J connectivity index is 1.72. The van der Waals surface area contributed by atoms with Crippen molar-refractivity contribution in [3.63, 3.8) is 0 Å². The number of anilines is 1. The SMILES string of the molecule is O=C(/C=C/c1cccc(C(F)(F)F)c1)Nc1nc2ccc(F)cc2s1. The molecule has 0 fully saturated rings. The van der Waals surface area contributed by atoms with Crippen LogP contribution in [0.15, 0.2) is 48.5 Å². The molecule has 1 amide bonds. The Labute approximate surface area is 143 Å². The average molecular weight is 366 g/mol. The van der Waals surface area contributed by atoms with Crippen LogP contribution in [-0.4, -0.2) is 10.9 Å². The summed E-state index contributed by atoms with van der Waals surface area (Å²) in [5, 5.41) is 2.78. The fourth-order valence-electron chi connectivity index (χ4n) is 2.09. The molecule has 0 aliphatic carbocycles. The van der Waals surface area contributed by atoms with Crippen LogP contribution in [0.5, 0.6) is 0 Å². The lowest BCUT2D eigenvalue weighted by molar-refractivity contribution is -0.137. The van der Waals surface area contributed by atoms with Gasteiger partial charge in [0, 0.05) is 6.08 Å². The van der Waals surface area contributed by atoms with Crippen molar-refractivity contribution >= 4 is 38.7 Å². The lowest BCUT2D eigenvalue weighted by Crippen LogP contribution is -2.07. The number of hydrogen-bond donors (Lipinski definition) is 1. The van der Waals surface area contributed by atoms with E-state index in [2.05, 4.69) is 10.3 Å². The largest absolute Gasteiger partial charge is 0.416 e. The zero-order chi connectivity index (χ0) is 18.0. The molecule has 0 aliphatic rings. The van der Waals surface area contributed by atoms with Crippen LogP contribution in [0.2, 0.25) is 0 Å². The van der Waals surface area contributed by atoms with Crippen molar-refractivity contribution in [2.75, 3.05) is 5.32 Å². The van der Waals surface area contributed by atoms with Gasteiger partial charge in [0.2, 0.25) is 5.91 Å². The highest BCUT2D eigenvalue weighted by Crippen LogP contribution is 2.30. The van der Waals surface area contributed by atoms with Crippen LogP contribution in [-0.2, 0) is 11.0 Å². The normalized spacial score (nSPS) is 12.0. The van der Waals surface area contributed by atoms with Gasteiger partial charge in [-0.25, -0.2) is 9.37 Å². The molecule has 0 radical (unpaired) electrons. The topological polar surface area (TPSA) is 42.0 Å². The minimum atomic E-state index is -4.44. The van der Waals surface area contributed by atoms with Gasteiger partial charge in [0.05, 0.1) is 15.8 Å². The number of benzene rings is 2. The quantitative estimate of drug-likeness (QED) is 0.517. The molecule has 0 bridgehead atoms. The van der Waals surface area contributed by atoms with Gasteiger partial charge in [-0.3, -0.25) is 10.1 Å². The Morgan fingerprint density at radius 1 is 1.16 bits per heavy atom. The van der Waals surface area contributed by atoms with Crippen molar-refractivity contribution in [2.24, 2.45) is 0 Å². The number of carbonyl (C=O) groups excluding carboxylic acids is 1. The molecule has 0 aliphatic heterocycles. The molecule has 0 saturated heterocycles. The molecule has 8 heteroatoms. The maximum atomic E-state index is 13.1. The monoisotopic (exact) mass is 366 g/mol. The minimum absolute atomic E-state index is 0.247. The summed E-state index contributed by atoms with van der Waals surface area (Å²) in [5.41, 5.74) is 0.00293. The maximum absolute atomic E-state index is 13.1. The molecule has 1 N–H and O–H groups in total. The third-order valence-electron chi connectivity index (χ3n) is 3.22. The third kappa shape index (κ3) is 4.21. The van der Waals surface area contributed by atoms with Crippen molar-refractivity contribution in [3.8, 4) is 0 Å². The van der Waals surface area contributed by atoms with Gasteiger partial charge in [-0.05, 0) is 42.0 Å². The number of alkyl halides is 3. The van der Waals surface area contributed by atoms with Gasteiger partial charge in [0.15, 0.2) is 5.13 Å². The Bertz CT molecular complexity index is 963. The summed E-state index contributed by atoms with van der Waals surface area (Å²) in [5.74, 6) is -0.949. The molecule has 25 heavy (non-hydrogen) atoms. The number of rotatable bonds is 3. The van der Waals surface area contributed by atoms with Crippen LogP contribution in [0.3, 0.4) is 0 Å². The second-order valence-electron chi connectivity index (χ2n) is 5.08. The van der Waals surface area contributed by atoms with Gasteiger partial charge in [0.1, 0.15) is 5.82 Å². The standard InChI is InChI=1S/C17H10F4N2OS/c18-12-5-6-13-14(9-12)25-16(22-13)23-15(24)7-4-10-2-1-3-11(8-10)17(19,20)21/h1-9H,(H,22,23,24)/b7-4+. The summed E-state index contributed by atoms with van der Waals surface area (Å²) >= 11 is 1.10. The van der Waals surface area contributed by atoms with Gasteiger partial charge in [-0.15, -0.1) is 0 Å². The first kappa shape index (κ1) is 17.1. The van der Waals surface area contributed by atoms with Crippen LogP contribution >= 0.6 is 11.3 Å². The number of aromatic nitrogens is 1. The van der Waals surface area contributed by atoms with Crippen LogP contribution in [0, 0.1) is 5.82 Å². The zero-order valence-electron chi connectivity index (χ0n) is 12.5. The molecule has 2 aromatic carbocycles. The molecular formula is C17H10F4N2OS. The molecule has 0 saturated carbocycles. The molecule has 3 aromatic rings. The van der Waals surface area contributed by atoms with E-state index in [1.54, 1.807) is 0 Å². The number of amides is 1. The number of thiazole rings is 1. The first-order valence-corrected chi connectivity index (χ1v) is 7.85. The minimum Gasteiger partial charge on any atom is -0.298 e. The van der Waals surface area contributed by atoms with Crippen molar-refractivity contribution in [2.45, 2.75) is 6.18 Å². The van der Waals surface area contributed by atoms with E-state index in [1.165, 1.54) is 36.4 Å². The molecule has 0 atom stereocenters. The highest BCUT2D eigenvalue weighted by molar-refractivity contribution is 7.22. The number of fused-ring (bicyclic) bond motifs is 1. The second kappa shape index (κ2) is 6.64. The fraction of sp³-hybridized carbons (Fsp3) is 0.0588. The van der Waals surface area contributed by atoms with E-state index in [1.807, 2.05) is 0 Å². The second-order valence-corrected chi connectivity index (χ2v) is 6.11.